The lowest BCUT2D eigenvalue weighted by Gasteiger charge is -2.39. The first-order chi connectivity index (χ1) is 5.75. The fraction of sp³-hybridized carbons (Fsp3) is 0.900. The van der Waals surface area contributed by atoms with Gasteiger partial charge in [-0.3, -0.25) is 4.79 Å². The molecular formula is C10H17NO. The molecule has 0 N–H and O–H groups in total. The van der Waals surface area contributed by atoms with Gasteiger partial charge in [-0.1, -0.05) is 0 Å². The maximum Gasteiger partial charge on any atom is 0.133 e. The average Bonchev–Trinajstić information content (AvgIpc) is 2.05. The van der Waals surface area contributed by atoms with Crippen molar-refractivity contribution in [1.29, 1.82) is 0 Å². The maximum atomic E-state index is 11.2. The van der Waals surface area contributed by atoms with Crippen LogP contribution in [0.15, 0.2) is 0 Å². The molecule has 0 radical (unpaired) electrons. The third kappa shape index (κ3) is 1.53. The number of hydrogen-bond acceptors (Lipinski definition) is 2. The Labute approximate surface area is 73.9 Å². The van der Waals surface area contributed by atoms with E-state index in [0.717, 1.165) is 31.1 Å². The van der Waals surface area contributed by atoms with Gasteiger partial charge in [0.05, 0.1) is 0 Å². The molecule has 2 heteroatoms. The number of carbonyl (C=O) groups excluding carboxylic acids is 1. The average molecular weight is 167 g/mol. The third-order valence-electron chi connectivity index (χ3n) is 3.38. The summed E-state index contributed by atoms with van der Waals surface area (Å²) in [7, 11) is 2.19. The monoisotopic (exact) mass is 167 g/mol. The van der Waals surface area contributed by atoms with Gasteiger partial charge in [0.2, 0.25) is 0 Å². The zero-order valence-corrected chi connectivity index (χ0v) is 7.75. The summed E-state index contributed by atoms with van der Waals surface area (Å²) in [6.07, 6.45) is 4.11. The number of rotatable bonds is 0. The molecule has 1 aliphatic heterocycles. The fourth-order valence-corrected chi connectivity index (χ4v) is 2.60. The Hall–Kier alpha value is -0.370. The molecule has 1 saturated heterocycles. The Kier molecular flexibility index (Phi) is 2.18. The minimum atomic E-state index is 0.501. The molecular weight excluding hydrogens is 150 g/mol. The highest BCUT2D eigenvalue weighted by Crippen LogP contribution is 2.33. The predicted molar refractivity (Wildman–Crippen MR) is 48.0 cm³/mol. The summed E-state index contributed by atoms with van der Waals surface area (Å²) in [6, 6.07) is 0. The van der Waals surface area contributed by atoms with Crippen LogP contribution >= 0.6 is 0 Å². The molecule has 0 bridgehead atoms. The summed E-state index contributed by atoms with van der Waals surface area (Å²) in [4.78, 5) is 13.6. The normalized spacial score (nSPS) is 37.9. The van der Waals surface area contributed by atoms with Crippen LogP contribution in [-0.4, -0.2) is 30.8 Å². The van der Waals surface area contributed by atoms with Gasteiger partial charge in [0, 0.05) is 19.4 Å². The van der Waals surface area contributed by atoms with E-state index in [0.29, 0.717) is 5.78 Å². The Morgan fingerprint density at radius 1 is 1.33 bits per heavy atom. The summed E-state index contributed by atoms with van der Waals surface area (Å²) in [5.41, 5.74) is 0. The lowest BCUT2D eigenvalue weighted by atomic mass is 9.75. The molecule has 2 nitrogen and oxygen atoms in total. The molecule has 2 fully saturated rings. The van der Waals surface area contributed by atoms with Crippen molar-refractivity contribution in [3.05, 3.63) is 0 Å². The fourth-order valence-electron chi connectivity index (χ4n) is 2.60. The Balaban J connectivity index is 1.98. The van der Waals surface area contributed by atoms with Crippen LogP contribution in [0.2, 0.25) is 0 Å². The number of nitrogens with zero attached hydrogens (tertiary/aromatic N) is 1. The molecule has 2 rings (SSSR count). The molecule has 0 amide bonds. The lowest BCUT2D eigenvalue weighted by Crippen LogP contribution is -2.41. The zero-order valence-electron chi connectivity index (χ0n) is 7.75. The quantitative estimate of drug-likeness (QED) is 0.542. The van der Waals surface area contributed by atoms with Crippen molar-refractivity contribution in [2.75, 3.05) is 20.1 Å². The van der Waals surface area contributed by atoms with E-state index in [1.807, 2.05) is 0 Å². The van der Waals surface area contributed by atoms with E-state index in [1.165, 1.54) is 19.5 Å². The van der Waals surface area contributed by atoms with Crippen LogP contribution in [0.4, 0.5) is 0 Å². The molecule has 1 saturated carbocycles. The number of ketones is 1. The van der Waals surface area contributed by atoms with Gasteiger partial charge in [-0.05, 0) is 38.3 Å². The van der Waals surface area contributed by atoms with E-state index in [9.17, 15) is 4.79 Å². The first kappa shape index (κ1) is 8.24. The molecule has 1 aliphatic carbocycles. The van der Waals surface area contributed by atoms with Crippen molar-refractivity contribution in [3.63, 3.8) is 0 Å². The lowest BCUT2D eigenvalue weighted by molar-refractivity contribution is -0.123. The second kappa shape index (κ2) is 3.17. The largest absolute Gasteiger partial charge is 0.306 e. The van der Waals surface area contributed by atoms with E-state index >= 15 is 0 Å². The molecule has 0 aromatic heterocycles. The van der Waals surface area contributed by atoms with Crippen LogP contribution in [0.3, 0.4) is 0 Å². The Morgan fingerprint density at radius 3 is 3.00 bits per heavy atom. The smallest absolute Gasteiger partial charge is 0.133 e. The van der Waals surface area contributed by atoms with Crippen molar-refractivity contribution in [2.45, 2.75) is 25.7 Å². The van der Waals surface area contributed by atoms with E-state index in [-0.39, 0.29) is 0 Å². The summed E-state index contributed by atoms with van der Waals surface area (Å²) in [5, 5.41) is 0. The van der Waals surface area contributed by atoms with Crippen LogP contribution in [0, 0.1) is 11.8 Å². The van der Waals surface area contributed by atoms with E-state index < -0.39 is 0 Å². The van der Waals surface area contributed by atoms with Gasteiger partial charge in [-0.15, -0.1) is 0 Å². The van der Waals surface area contributed by atoms with Gasteiger partial charge < -0.3 is 4.90 Å². The first-order valence-corrected chi connectivity index (χ1v) is 4.96. The van der Waals surface area contributed by atoms with Crippen LogP contribution in [0.5, 0.6) is 0 Å². The molecule has 2 aliphatic rings. The van der Waals surface area contributed by atoms with Gasteiger partial charge in [-0.2, -0.15) is 0 Å². The SMILES string of the molecule is CN1CC[C@@H]2CC(=O)CC[C@@H]2C1. The highest BCUT2D eigenvalue weighted by Gasteiger charge is 2.32. The van der Waals surface area contributed by atoms with Gasteiger partial charge in [0.15, 0.2) is 0 Å². The zero-order chi connectivity index (χ0) is 8.55. The number of fused-ring (bicyclic) bond motifs is 1. The van der Waals surface area contributed by atoms with E-state index in [2.05, 4.69) is 11.9 Å². The van der Waals surface area contributed by atoms with Crippen molar-refractivity contribution in [3.8, 4) is 0 Å². The Morgan fingerprint density at radius 2 is 2.17 bits per heavy atom. The van der Waals surface area contributed by atoms with Gasteiger partial charge in [0.25, 0.3) is 0 Å². The molecule has 0 unspecified atom stereocenters. The molecule has 0 spiro atoms. The van der Waals surface area contributed by atoms with Crippen LogP contribution in [-0.2, 0) is 4.79 Å². The second-order valence-electron chi connectivity index (χ2n) is 4.35. The van der Waals surface area contributed by atoms with Gasteiger partial charge >= 0.3 is 0 Å². The highest BCUT2D eigenvalue weighted by atomic mass is 16.1. The summed E-state index contributed by atoms with van der Waals surface area (Å²) in [5.74, 6) is 2.05. The standard InChI is InChI=1S/C10H17NO/c1-11-5-4-8-6-10(12)3-2-9(8)7-11/h8-9H,2-7H2,1H3/t8-,9-/m1/s1. The summed E-state index contributed by atoms with van der Waals surface area (Å²) < 4.78 is 0. The molecule has 2 atom stereocenters. The van der Waals surface area contributed by atoms with Crippen molar-refractivity contribution >= 4 is 5.78 Å². The number of carbonyl (C=O) groups is 1. The van der Waals surface area contributed by atoms with Crippen molar-refractivity contribution < 1.29 is 4.79 Å². The van der Waals surface area contributed by atoms with Crippen molar-refractivity contribution in [2.24, 2.45) is 11.8 Å². The molecule has 12 heavy (non-hydrogen) atoms. The van der Waals surface area contributed by atoms with Crippen LogP contribution in [0.1, 0.15) is 25.7 Å². The molecule has 0 aromatic rings. The first-order valence-electron chi connectivity index (χ1n) is 4.96. The van der Waals surface area contributed by atoms with E-state index in [1.54, 1.807) is 0 Å². The van der Waals surface area contributed by atoms with Crippen LogP contribution < -0.4 is 0 Å². The van der Waals surface area contributed by atoms with E-state index in [4.69, 9.17) is 0 Å². The number of hydrogen-bond donors (Lipinski definition) is 0. The Bertz CT molecular complexity index is 190. The number of likely N-dealkylation sites (tertiary alicyclic amines) is 1. The summed E-state index contributed by atoms with van der Waals surface area (Å²) in [6.45, 7) is 2.41. The maximum absolute atomic E-state index is 11.2. The predicted octanol–water partition coefficient (Wildman–Crippen LogP) is 1.31. The minimum absolute atomic E-state index is 0.501. The number of piperidine rings is 1. The second-order valence-corrected chi connectivity index (χ2v) is 4.35. The highest BCUT2D eigenvalue weighted by molar-refractivity contribution is 5.79. The van der Waals surface area contributed by atoms with Crippen LogP contribution in [0.25, 0.3) is 0 Å². The third-order valence-corrected chi connectivity index (χ3v) is 3.38. The van der Waals surface area contributed by atoms with Gasteiger partial charge in [-0.25, -0.2) is 0 Å². The van der Waals surface area contributed by atoms with Gasteiger partial charge in [0.1, 0.15) is 5.78 Å². The number of Topliss-reactive ketones (excluding diaryl/α,β-unsaturated/α-hetero) is 1. The molecule has 0 aromatic carbocycles. The minimum Gasteiger partial charge on any atom is -0.306 e. The molecule has 1 heterocycles. The van der Waals surface area contributed by atoms with Crippen molar-refractivity contribution in [1.82, 2.24) is 4.90 Å². The molecule has 68 valence electrons. The topological polar surface area (TPSA) is 20.3 Å². The summed E-state index contributed by atoms with van der Waals surface area (Å²) >= 11 is 0.